The molecule has 0 radical (unpaired) electrons. The standard InChI is InChI=1S/C26H18O5/c1-15-7-9-17(10-8-15)13-22-24(27)19-11-12-20(16(2)25(19)30-22)31-26(28)23-14-18-5-3-4-6-21(18)29-23/h3-14H,1-2H3/b22-13-. The van der Waals surface area contributed by atoms with E-state index < -0.39 is 5.97 Å². The van der Waals surface area contributed by atoms with E-state index in [4.69, 9.17) is 13.9 Å². The Morgan fingerprint density at radius 1 is 0.968 bits per heavy atom. The number of esters is 1. The number of benzene rings is 3. The molecule has 0 amide bonds. The summed E-state index contributed by atoms with van der Waals surface area (Å²) in [6.07, 6.45) is 1.71. The SMILES string of the molecule is Cc1ccc(/C=C2\Oc3c(ccc(OC(=O)c4cc5ccccc5o4)c3C)C2=O)cc1. The molecule has 5 heteroatoms. The predicted molar refractivity (Wildman–Crippen MR) is 116 cm³/mol. The molecular weight excluding hydrogens is 392 g/mol. The number of carbonyl (C=O) groups is 2. The van der Waals surface area contributed by atoms with Crippen LogP contribution in [0.3, 0.4) is 0 Å². The lowest BCUT2D eigenvalue weighted by Gasteiger charge is -2.09. The van der Waals surface area contributed by atoms with E-state index >= 15 is 0 Å². The van der Waals surface area contributed by atoms with Crippen LogP contribution in [0.25, 0.3) is 17.0 Å². The smallest absolute Gasteiger partial charge is 0.379 e. The molecule has 152 valence electrons. The number of aryl methyl sites for hydroxylation is 1. The average molecular weight is 410 g/mol. The molecule has 0 saturated heterocycles. The maximum Gasteiger partial charge on any atom is 0.379 e. The van der Waals surface area contributed by atoms with Crippen LogP contribution in [0.2, 0.25) is 0 Å². The Kier molecular flexibility index (Phi) is 4.44. The lowest BCUT2D eigenvalue weighted by Crippen LogP contribution is -2.08. The summed E-state index contributed by atoms with van der Waals surface area (Å²) in [5, 5.41) is 0.819. The molecule has 0 saturated carbocycles. The summed E-state index contributed by atoms with van der Waals surface area (Å²) in [4.78, 5) is 25.4. The van der Waals surface area contributed by atoms with Crippen molar-refractivity contribution in [2.45, 2.75) is 13.8 Å². The van der Waals surface area contributed by atoms with Gasteiger partial charge in [-0.2, -0.15) is 0 Å². The quantitative estimate of drug-likeness (QED) is 0.240. The number of furan rings is 1. The highest BCUT2D eigenvalue weighted by Gasteiger charge is 2.30. The molecule has 0 bridgehead atoms. The molecule has 31 heavy (non-hydrogen) atoms. The van der Waals surface area contributed by atoms with Crippen molar-refractivity contribution in [3.8, 4) is 11.5 Å². The van der Waals surface area contributed by atoms with Gasteiger partial charge in [0.15, 0.2) is 5.76 Å². The molecule has 0 atom stereocenters. The number of Topliss-reactive ketones (excluding diaryl/α,β-unsaturated/α-hetero) is 1. The summed E-state index contributed by atoms with van der Waals surface area (Å²) in [6, 6.07) is 20.0. The van der Waals surface area contributed by atoms with Gasteiger partial charge in [0.2, 0.25) is 11.5 Å². The zero-order chi connectivity index (χ0) is 21.5. The van der Waals surface area contributed by atoms with Crippen molar-refractivity contribution in [1.29, 1.82) is 0 Å². The second-order valence-electron chi connectivity index (χ2n) is 7.45. The molecule has 5 nitrogen and oxygen atoms in total. The molecule has 2 heterocycles. The molecular formula is C26H18O5. The van der Waals surface area contributed by atoms with Crippen LogP contribution < -0.4 is 9.47 Å². The highest BCUT2D eigenvalue weighted by molar-refractivity contribution is 6.15. The Bertz CT molecular complexity index is 1340. The van der Waals surface area contributed by atoms with Gasteiger partial charge < -0.3 is 13.9 Å². The maximum atomic E-state index is 12.8. The second-order valence-corrected chi connectivity index (χ2v) is 7.45. The van der Waals surface area contributed by atoms with Gasteiger partial charge in [0.05, 0.1) is 5.56 Å². The number of ether oxygens (including phenoxy) is 2. The summed E-state index contributed by atoms with van der Waals surface area (Å²) in [7, 11) is 0. The first-order chi connectivity index (χ1) is 15.0. The summed E-state index contributed by atoms with van der Waals surface area (Å²) in [6.45, 7) is 3.75. The number of rotatable bonds is 3. The summed E-state index contributed by atoms with van der Waals surface area (Å²) in [5.74, 6) is 0.250. The minimum absolute atomic E-state index is 0.109. The van der Waals surface area contributed by atoms with Crippen LogP contribution >= 0.6 is 0 Å². The number of ketones is 1. The topological polar surface area (TPSA) is 65.7 Å². The Labute approximate surface area is 178 Å². The maximum absolute atomic E-state index is 12.8. The summed E-state index contributed by atoms with van der Waals surface area (Å²) in [5.41, 5.74) is 3.63. The number of hydrogen-bond donors (Lipinski definition) is 0. The van der Waals surface area contributed by atoms with E-state index in [-0.39, 0.29) is 17.3 Å². The molecule has 1 aliphatic rings. The first-order valence-corrected chi connectivity index (χ1v) is 9.85. The molecule has 0 fully saturated rings. The minimum Gasteiger partial charge on any atom is -0.452 e. The molecule has 0 unspecified atom stereocenters. The largest absolute Gasteiger partial charge is 0.452 e. The number of fused-ring (bicyclic) bond motifs is 2. The van der Waals surface area contributed by atoms with E-state index in [1.54, 1.807) is 37.3 Å². The zero-order valence-corrected chi connectivity index (χ0v) is 17.0. The fraction of sp³-hybridized carbons (Fsp3) is 0.0769. The number of hydrogen-bond acceptors (Lipinski definition) is 5. The second kappa shape index (κ2) is 7.29. The fourth-order valence-electron chi connectivity index (χ4n) is 3.53. The molecule has 3 aromatic carbocycles. The van der Waals surface area contributed by atoms with E-state index in [0.717, 1.165) is 16.5 Å². The van der Waals surface area contributed by atoms with Crippen molar-refractivity contribution >= 4 is 28.8 Å². The van der Waals surface area contributed by atoms with Gasteiger partial charge in [-0.15, -0.1) is 0 Å². The number of carbonyl (C=O) groups excluding carboxylic acids is 2. The lowest BCUT2D eigenvalue weighted by molar-refractivity contribution is 0.0702. The van der Waals surface area contributed by atoms with Crippen LogP contribution in [0.5, 0.6) is 11.5 Å². The van der Waals surface area contributed by atoms with Gasteiger partial charge in [0.25, 0.3) is 0 Å². The summed E-state index contributed by atoms with van der Waals surface area (Å²) >= 11 is 0. The monoisotopic (exact) mass is 410 g/mol. The van der Waals surface area contributed by atoms with Crippen molar-refractivity contribution in [2.75, 3.05) is 0 Å². The van der Waals surface area contributed by atoms with E-state index in [2.05, 4.69) is 0 Å². The third kappa shape index (κ3) is 3.40. The van der Waals surface area contributed by atoms with Gasteiger partial charge in [0, 0.05) is 10.9 Å². The van der Waals surface area contributed by atoms with Gasteiger partial charge in [-0.3, -0.25) is 4.79 Å². The summed E-state index contributed by atoms with van der Waals surface area (Å²) < 4.78 is 17.0. The molecule has 0 aliphatic carbocycles. The van der Waals surface area contributed by atoms with Gasteiger partial charge in [-0.05, 0) is 49.8 Å². The highest BCUT2D eigenvalue weighted by atomic mass is 16.5. The Balaban J connectivity index is 1.42. The minimum atomic E-state index is -0.612. The van der Waals surface area contributed by atoms with E-state index in [1.165, 1.54) is 0 Å². The van der Waals surface area contributed by atoms with Crippen molar-refractivity contribution in [3.05, 3.63) is 101 Å². The van der Waals surface area contributed by atoms with Gasteiger partial charge >= 0.3 is 5.97 Å². The van der Waals surface area contributed by atoms with Gasteiger partial charge in [-0.1, -0.05) is 48.0 Å². The normalized spacial score (nSPS) is 14.0. The van der Waals surface area contributed by atoms with Gasteiger partial charge in [-0.25, -0.2) is 4.79 Å². The van der Waals surface area contributed by atoms with Crippen LogP contribution in [-0.2, 0) is 0 Å². The Hall–Kier alpha value is -4.12. The van der Waals surface area contributed by atoms with E-state index in [9.17, 15) is 9.59 Å². The van der Waals surface area contributed by atoms with E-state index in [1.807, 2.05) is 49.4 Å². The number of para-hydroxylation sites is 1. The first-order valence-electron chi connectivity index (χ1n) is 9.85. The Morgan fingerprint density at radius 2 is 1.74 bits per heavy atom. The molecule has 4 aromatic rings. The van der Waals surface area contributed by atoms with Crippen molar-refractivity contribution < 1.29 is 23.5 Å². The van der Waals surface area contributed by atoms with Crippen LogP contribution in [-0.4, -0.2) is 11.8 Å². The van der Waals surface area contributed by atoms with Crippen molar-refractivity contribution in [2.24, 2.45) is 0 Å². The number of allylic oxidation sites excluding steroid dienone is 1. The third-order valence-electron chi connectivity index (χ3n) is 5.24. The molecule has 1 aromatic heterocycles. The first kappa shape index (κ1) is 18.9. The third-order valence-corrected chi connectivity index (χ3v) is 5.24. The average Bonchev–Trinajstić information content (AvgIpc) is 3.34. The van der Waals surface area contributed by atoms with Crippen LogP contribution in [0.15, 0.2) is 76.9 Å². The Morgan fingerprint density at radius 3 is 2.52 bits per heavy atom. The zero-order valence-electron chi connectivity index (χ0n) is 17.0. The lowest BCUT2D eigenvalue weighted by atomic mass is 10.1. The molecule has 0 N–H and O–H groups in total. The predicted octanol–water partition coefficient (Wildman–Crippen LogP) is 5.89. The van der Waals surface area contributed by atoms with E-state index in [0.29, 0.717) is 28.2 Å². The molecule has 0 spiro atoms. The van der Waals surface area contributed by atoms with Crippen LogP contribution in [0.1, 0.15) is 37.6 Å². The van der Waals surface area contributed by atoms with Crippen molar-refractivity contribution in [3.63, 3.8) is 0 Å². The van der Waals surface area contributed by atoms with Crippen molar-refractivity contribution in [1.82, 2.24) is 0 Å². The molecule has 5 rings (SSSR count). The fourth-order valence-corrected chi connectivity index (χ4v) is 3.53. The highest BCUT2D eigenvalue weighted by Crippen LogP contribution is 2.39. The van der Waals surface area contributed by atoms with Crippen LogP contribution in [0, 0.1) is 13.8 Å². The van der Waals surface area contributed by atoms with Gasteiger partial charge in [0.1, 0.15) is 17.1 Å². The molecule has 1 aliphatic heterocycles. The van der Waals surface area contributed by atoms with Crippen LogP contribution in [0.4, 0.5) is 0 Å².